The number of thioether (sulfide) groups is 1. The van der Waals surface area contributed by atoms with E-state index in [9.17, 15) is 4.79 Å². The van der Waals surface area contributed by atoms with E-state index in [-0.39, 0.29) is 5.91 Å². The average Bonchev–Trinajstić information content (AvgIpc) is 3.52. The van der Waals surface area contributed by atoms with Crippen molar-refractivity contribution in [2.45, 2.75) is 24.8 Å². The zero-order valence-electron chi connectivity index (χ0n) is 18.9. The van der Waals surface area contributed by atoms with Gasteiger partial charge in [-0.2, -0.15) is 0 Å². The second-order valence-electron chi connectivity index (χ2n) is 7.42. The van der Waals surface area contributed by atoms with Gasteiger partial charge in [-0.3, -0.25) is 9.69 Å². The molecule has 0 saturated heterocycles. The molecule has 4 rings (SSSR count). The maximum atomic E-state index is 13.3. The minimum atomic E-state index is 0.0251. The number of carbonyl (C=O) groups excluding carboxylic acids is 1. The van der Waals surface area contributed by atoms with Crippen molar-refractivity contribution in [1.29, 1.82) is 0 Å². The van der Waals surface area contributed by atoms with Gasteiger partial charge in [0.15, 0.2) is 5.13 Å². The van der Waals surface area contributed by atoms with Crippen LogP contribution in [-0.2, 0) is 11.3 Å². The molecule has 0 saturated carbocycles. The summed E-state index contributed by atoms with van der Waals surface area (Å²) < 4.78 is 13.8. The van der Waals surface area contributed by atoms with Crippen molar-refractivity contribution < 1.29 is 14.3 Å². The molecule has 0 fully saturated rings. The van der Waals surface area contributed by atoms with Crippen LogP contribution >= 0.6 is 23.1 Å². The summed E-state index contributed by atoms with van der Waals surface area (Å²) in [5.41, 5.74) is 1.92. The molecular weight excluding hydrogens is 456 g/mol. The molecule has 0 radical (unpaired) electrons. The summed E-state index contributed by atoms with van der Waals surface area (Å²) in [5, 5.41) is 0.698. The van der Waals surface area contributed by atoms with Crippen LogP contribution in [0.4, 0.5) is 5.13 Å². The first-order valence-corrected chi connectivity index (χ1v) is 12.4. The number of hydrogen-bond acceptors (Lipinski definition) is 7. The molecule has 0 unspecified atom stereocenters. The molecule has 7 nitrogen and oxygen atoms in total. The van der Waals surface area contributed by atoms with Crippen LogP contribution in [0.3, 0.4) is 0 Å². The van der Waals surface area contributed by atoms with Crippen molar-refractivity contribution in [3.8, 4) is 11.5 Å². The molecule has 2 heterocycles. The van der Waals surface area contributed by atoms with Gasteiger partial charge in [0.05, 0.1) is 31.0 Å². The number of amides is 1. The minimum absolute atomic E-state index is 0.0251. The summed E-state index contributed by atoms with van der Waals surface area (Å²) in [5.74, 6) is 1.86. The molecule has 1 amide bonds. The fraction of sp³-hybridized carbons (Fsp3) is 0.292. The lowest BCUT2D eigenvalue weighted by molar-refractivity contribution is -0.116. The van der Waals surface area contributed by atoms with Gasteiger partial charge in [0.1, 0.15) is 17.0 Å². The van der Waals surface area contributed by atoms with Gasteiger partial charge in [0, 0.05) is 30.4 Å². The van der Waals surface area contributed by atoms with Crippen LogP contribution in [0, 0.1) is 6.92 Å². The highest BCUT2D eigenvalue weighted by Crippen LogP contribution is 2.37. The Bertz CT molecular complexity index is 1210. The Morgan fingerprint density at radius 3 is 2.67 bits per heavy atom. The molecule has 33 heavy (non-hydrogen) atoms. The lowest BCUT2D eigenvalue weighted by Gasteiger charge is -2.20. The summed E-state index contributed by atoms with van der Waals surface area (Å²) in [4.78, 5) is 25.1. The molecule has 2 aromatic heterocycles. The number of aryl methyl sites for hydroxylation is 2. The number of carbonyl (C=O) groups is 1. The maximum absolute atomic E-state index is 13.3. The summed E-state index contributed by atoms with van der Waals surface area (Å²) >= 11 is 3.04. The number of hydrogen-bond donors (Lipinski definition) is 0. The summed E-state index contributed by atoms with van der Waals surface area (Å²) in [6.07, 6.45) is 6.27. The Morgan fingerprint density at radius 2 is 1.97 bits per heavy atom. The topological polar surface area (TPSA) is 69.5 Å². The van der Waals surface area contributed by atoms with E-state index in [1.807, 2.05) is 47.2 Å². The molecule has 172 valence electrons. The van der Waals surface area contributed by atoms with Crippen LogP contribution in [0.25, 0.3) is 10.2 Å². The Hall–Kier alpha value is -3.04. The van der Waals surface area contributed by atoms with Crippen LogP contribution in [0.15, 0.2) is 60.0 Å². The van der Waals surface area contributed by atoms with E-state index in [0.29, 0.717) is 17.4 Å². The summed E-state index contributed by atoms with van der Waals surface area (Å²) in [6, 6.07) is 11.7. The Balaban J connectivity index is 1.54. The molecule has 0 bridgehead atoms. The van der Waals surface area contributed by atoms with E-state index in [1.54, 1.807) is 31.6 Å². The van der Waals surface area contributed by atoms with Gasteiger partial charge in [-0.25, -0.2) is 9.97 Å². The highest BCUT2D eigenvalue weighted by atomic mass is 32.2. The normalized spacial score (nSPS) is 11.0. The highest BCUT2D eigenvalue weighted by Gasteiger charge is 2.21. The second-order valence-corrected chi connectivity index (χ2v) is 9.45. The van der Waals surface area contributed by atoms with Crippen LogP contribution < -0.4 is 14.4 Å². The van der Waals surface area contributed by atoms with Gasteiger partial charge in [0.25, 0.3) is 0 Å². The first-order chi connectivity index (χ1) is 16.1. The third-order valence-electron chi connectivity index (χ3n) is 5.22. The number of methoxy groups -OCH3 is 2. The molecular formula is C24H26N4O3S2. The fourth-order valence-electron chi connectivity index (χ4n) is 3.43. The second kappa shape index (κ2) is 10.7. The van der Waals surface area contributed by atoms with Crippen molar-refractivity contribution in [3.05, 3.63) is 60.7 Å². The SMILES string of the molecule is COc1ccc(SCC(=O)N(CCCn2ccnc2)c2nc3c(OC)ccc(C)c3s2)cc1. The number of thiazole rings is 1. The zero-order chi connectivity index (χ0) is 23.2. The molecule has 9 heteroatoms. The number of anilines is 1. The number of rotatable bonds is 10. The van der Waals surface area contributed by atoms with Crippen molar-refractivity contribution in [1.82, 2.24) is 14.5 Å². The molecule has 0 aliphatic carbocycles. The van der Waals surface area contributed by atoms with E-state index < -0.39 is 0 Å². The van der Waals surface area contributed by atoms with E-state index in [2.05, 4.69) is 11.9 Å². The van der Waals surface area contributed by atoms with Crippen LogP contribution in [-0.4, -0.2) is 47.0 Å². The lowest BCUT2D eigenvalue weighted by Crippen LogP contribution is -2.33. The predicted molar refractivity (Wildman–Crippen MR) is 134 cm³/mol. The summed E-state index contributed by atoms with van der Waals surface area (Å²) in [7, 11) is 3.28. The number of nitrogens with zero attached hydrogens (tertiary/aromatic N) is 4. The standard InChI is InChI=1S/C24H26N4O3S2/c1-17-5-10-20(31-3)22-23(17)33-24(26-22)28(13-4-12-27-14-11-25-16-27)21(29)15-32-19-8-6-18(30-2)7-9-19/h5-11,14,16H,4,12-13,15H2,1-3H3. The molecule has 0 spiro atoms. The van der Waals surface area contributed by atoms with Crippen molar-refractivity contribution in [3.63, 3.8) is 0 Å². The Morgan fingerprint density at radius 1 is 1.15 bits per heavy atom. The average molecular weight is 483 g/mol. The predicted octanol–water partition coefficient (Wildman–Crippen LogP) is 5.03. The van der Waals surface area contributed by atoms with Crippen LogP contribution in [0.1, 0.15) is 12.0 Å². The molecule has 0 N–H and O–H groups in total. The van der Waals surface area contributed by atoms with Crippen molar-refractivity contribution in [2.75, 3.05) is 31.4 Å². The van der Waals surface area contributed by atoms with Crippen LogP contribution in [0.5, 0.6) is 11.5 Å². The van der Waals surface area contributed by atoms with Gasteiger partial charge in [0.2, 0.25) is 5.91 Å². The molecule has 2 aromatic carbocycles. The quantitative estimate of drug-likeness (QED) is 0.295. The molecule has 0 aliphatic rings. The molecule has 4 aromatic rings. The van der Waals surface area contributed by atoms with Gasteiger partial charge in [-0.15, -0.1) is 11.8 Å². The van der Waals surface area contributed by atoms with Crippen molar-refractivity contribution in [2.24, 2.45) is 0 Å². The minimum Gasteiger partial charge on any atom is -0.497 e. The first kappa shape index (κ1) is 23.1. The first-order valence-electron chi connectivity index (χ1n) is 10.6. The van der Waals surface area contributed by atoms with Gasteiger partial charge in [-0.1, -0.05) is 17.4 Å². The Labute approximate surface area is 201 Å². The number of imidazole rings is 1. The fourth-order valence-corrected chi connectivity index (χ4v) is 5.30. The summed E-state index contributed by atoms with van der Waals surface area (Å²) in [6.45, 7) is 3.40. The largest absolute Gasteiger partial charge is 0.497 e. The Kier molecular flexibility index (Phi) is 7.51. The van der Waals surface area contributed by atoms with E-state index in [0.717, 1.165) is 45.1 Å². The number of ether oxygens (including phenoxy) is 2. The molecule has 0 atom stereocenters. The zero-order valence-corrected chi connectivity index (χ0v) is 20.5. The monoisotopic (exact) mass is 482 g/mol. The maximum Gasteiger partial charge on any atom is 0.239 e. The van der Waals surface area contributed by atoms with E-state index >= 15 is 0 Å². The van der Waals surface area contributed by atoms with E-state index in [1.165, 1.54) is 23.1 Å². The van der Waals surface area contributed by atoms with Crippen LogP contribution in [0.2, 0.25) is 0 Å². The van der Waals surface area contributed by atoms with Gasteiger partial charge >= 0.3 is 0 Å². The molecule has 0 aliphatic heterocycles. The van der Waals surface area contributed by atoms with E-state index in [4.69, 9.17) is 14.5 Å². The number of benzene rings is 2. The third-order valence-corrected chi connectivity index (χ3v) is 7.43. The van der Waals surface area contributed by atoms with Gasteiger partial charge in [-0.05, 0) is 49.2 Å². The number of aromatic nitrogens is 3. The number of fused-ring (bicyclic) bond motifs is 1. The van der Waals surface area contributed by atoms with Crippen molar-refractivity contribution >= 4 is 44.4 Å². The lowest BCUT2D eigenvalue weighted by atomic mass is 10.2. The highest BCUT2D eigenvalue weighted by molar-refractivity contribution is 8.00. The smallest absolute Gasteiger partial charge is 0.239 e. The third kappa shape index (κ3) is 5.48. The van der Waals surface area contributed by atoms with Gasteiger partial charge < -0.3 is 14.0 Å².